The smallest absolute Gasteiger partial charge is 0.475 e. The van der Waals surface area contributed by atoms with Gasteiger partial charge in [-0.25, -0.2) is 19.7 Å². The Kier molecular flexibility index (Phi) is 7.34. The van der Waals surface area contributed by atoms with E-state index in [1.165, 1.54) is 19.3 Å². The Labute approximate surface area is 164 Å². The standard InChI is InChI=1S/C16H18N4S.C2HF3O2/c1-12-5-3-4-8-20(12)16-17-9-14(10-18-16)6-7-15-11-21-13(2)19-15;3-2(4,5)1(6)7/h9-12H,3-5,8H2,1-2H3;(H,6,7). The van der Waals surface area contributed by atoms with Gasteiger partial charge in [-0.1, -0.05) is 5.92 Å². The van der Waals surface area contributed by atoms with Crippen LogP contribution >= 0.6 is 11.3 Å². The lowest BCUT2D eigenvalue weighted by Crippen LogP contribution is -2.38. The summed E-state index contributed by atoms with van der Waals surface area (Å²) < 4.78 is 31.7. The number of anilines is 1. The normalized spacial score (nSPS) is 16.5. The van der Waals surface area contributed by atoms with Crippen LogP contribution in [0, 0.1) is 18.8 Å². The molecule has 1 aliphatic heterocycles. The van der Waals surface area contributed by atoms with Crippen LogP contribution in [0.1, 0.15) is 42.5 Å². The highest BCUT2D eigenvalue weighted by Crippen LogP contribution is 2.20. The van der Waals surface area contributed by atoms with Crippen LogP contribution in [0.2, 0.25) is 0 Å². The molecule has 0 aliphatic carbocycles. The highest BCUT2D eigenvalue weighted by Gasteiger charge is 2.38. The quantitative estimate of drug-likeness (QED) is 0.721. The lowest BCUT2D eigenvalue weighted by molar-refractivity contribution is -0.192. The number of hydrogen-bond donors (Lipinski definition) is 1. The third-order valence-electron chi connectivity index (χ3n) is 3.89. The van der Waals surface area contributed by atoms with E-state index in [9.17, 15) is 13.2 Å². The minimum atomic E-state index is -5.08. The van der Waals surface area contributed by atoms with E-state index in [4.69, 9.17) is 9.90 Å². The molecule has 0 aromatic carbocycles. The molecule has 10 heteroatoms. The van der Waals surface area contributed by atoms with Gasteiger partial charge >= 0.3 is 12.1 Å². The third kappa shape index (κ3) is 6.49. The first-order valence-electron chi connectivity index (χ1n) is 8.49. The summed E-state index contributed by atoms with van der Waals surface area (Å²) >= 11 is 1.61. The van der Waals surface area contributed by atoms with Crippen molar-refractivity contribution in [3.63, 3.8) is 0 Å². The number of alkyl halides is 3. The van der Waals surface area contributed by atoms with Crippen molar-refractivity contribution in [1.82, 2.24) is 15.0 Å². The monoisotopic (exact) mass is 412 g/mol. The van der Waals surface area contributed by atoms with Gasteiger partial charge in [-0.2, -0.15) is 13.2 Å². The zero-order chi connectivity index (χ0) is 20.7. The van der Waals surface area contributed by atoms with Gasteiger partial charge in [0.1, 0.15) is 5.69 Å². The SMILES string of the molecule is Cc1nc(C#Cc2cnc(N3CCCCC3C)nc2)cs1.O=C(O)C(F)(F)F. The molecule has 1 fully saturated rings. The fourth-order valence-electron chi connectivity index (χ4n) is 2.49. The molecule has 0 spiro atoms. The van der Waals surface area contributed by atoms with E-state index in [1.807, 2.05) is 12.3 Å². The molecule has 3 heterocycles. The Hall–Kier alpha value is -2.67. The van der Waals surface area contributed by atoms with Crippen molar-refractivity contribution in [2.45, 2.75) is 45.3 Å². The first kappa shape index (κ1) is 21.6. The number of nitrogens with zero attached hydrogens (tertiary/aromatic N) is 4. The van der Waals surface area contributed by atoms with Crippen LogP contribution in [0.3, 0.4) is 0 Å². The predicted molar refractivity (Wildman–Crippen MR) is 99.2 cm³/mol. The maximum atomic E-state index is 10.6. The number of carboxylic acids is 1. The van der Waals surface area contributed by atoms with Gasteiger partial charge in [-0.05, 0) is 39.0 Å². The summed E-state index contributed by atoms with van der Waals surface area (Å²) in [5.41, 5.74) is 1.64. The second-order valence-electron chi connectivity index (χ2n) is 6.11. The number of aryl methyl sites for hydroxylation is 1. The Morgan fingerprint density at radius 1 is 1.29 bits per heavy atom. The molecule has 0 bridgehead atoms. The molecule has 1 aliphatic rings. The van der Waals surface area contributed by atoms with Crippen LogP contribution in [0.4, 0.5) is 19.1 Å². The molecular weight excluding hydrogens is 393 g/mol. The Morgan fingerprint density at radius 2 is 1.93 bits per heavy atom. The molecule has 1 unspecified atom stereocenters. The van der Waals surface area contributed by atoms with Crippen LogP contribution in [0.5, 0.6) is 0 Å². The summed E-state index contributed by atoms with van der Waals surface area (Å²) in [4.78, 5) is 24.4. The molecule has 0 saturated carbocycles. The molecular formula is C18H19F3N4O2S. The number of hydrogen-bond acceptors (Lipinski definition) is 6. The molecule has 3 rings (SSSR count). The maximum Gasteiger partial charge on any atom is 0.490 e. The minimum Gasteiger partial charge on any atom is -0.475 e. The van der Waals surface area contributed by atoms with Crippen molar-refractivity contribution in [1.29, 1.82) is 0 Å². The lowest BCUT2D eigenvalue weighted by atomic mass is 10.0. The Balaban J connectivity index is 0.000000345. The Morgan fingerprint density at radius 3 is 2.43 bits per heavy atom. The number of thiazole rings is 1. The van der Waals surface area contributed by atoms with Crippen molar-refractivity contribution in [3.05, 3.63) is 34.0 Å². The molecule has 150 valence electrons. The fraction of sp³-hybridized carbons (Fsp3) is 0.444. The van der Waals surface area contributed by atoms with E-state index in [2.05, 4.69) is 38.6 Å². The van der Waals surface area contributed by atoms with Crippen molar-refractivity contribution in [3.8, 4) is 11.8 Å². The maximum absolute atomic E-state index is 10.6. The van der Waals surface area contributed by atoms with Crippen molar-refractivity contribution < 1.29 is 23.1 Å². The lowest BCUT2D eigenvalue weighted by Gasteiger charge is -2.33. The largest absolute Gasteiger partial charge is 0.490 e. The van der Waals surface area contributed by atoms with E-state index in [0.29, 0.717) is 6.04 Å². The van der Waals surface area contributed by atoms with Gasteiger partial charge in [0.25, 0.3) is 0 Å². The number of aliphatic carboxylic acids is 1. The van der Waals surface area contributed by atoms with Crippen LogP contribution in [0.15, 0.2) is 17.8 Å². The highest BCUT2D eigenvalue weighted by atomic mass is 32.1. The molecule has 28 heavy (non-hydrogen) atoms. The van der Waals surface area contributed by atoms with Crippen molar-refractivity contribution in [2.24, 2.45) is 0 Å². The number of carboxylic acid groups (broad SMARTS) is 1. The van der Waals surface area contributed by atoms with E-state index in [0.717, 1.165) is 28.8 Å². The van der Waals surface area contributed by atoms with Crippen molar-refractivity contribution in [2.75, 3.05) is 11.4 Å². The molecule has 0 radical (unpaired) electrons. The first-order chi connectivity index (χ1) is 13.2. The molecule has 1 saturated heterocycles. The van der Waals surface area contributed by atoms with Crippen molar-refractivity contribution >= 4 is 23.3 Å². The van der Waals surface area contributed by atoms with Gasteiger partial charge in [0, 0.05) is 30.4 Å². The second-order valence-corrected chi connectivity index (χ2v) is 7.18. The third-order valence-corrected chi connectivity index (χ3v) is 4.67. The number of aromatic nitrogens is 3. The predicted octanol–water partition coefficient (Wildman–Crippen LogP) is 3.65. The minimum absolute atomic E-state index is 0.522. The number of piperidine rings is 1. The molecule has 2 aromatic rings. The fourth-order valence-corrected chi connectivity index (χ4v) is 3.03. The number of rotatable bonds is 1. The van der Waals surface area contributed by atoms with Gasteiger partial charge < -0.3 is 10.0 Å². The van der Waals surface area contributed by atoms with E-state index in [1.54, 1.807) is 23.7 Å². The summed E-state index contributed by atoms with van der Waals surface area (Å²) in [6.07, 6.45) is 2.26. The van der Waals surface area contributed by atoms with Gasteiger partial charge in [0.05, 0.1) is 10.6 Å². The van der Waals surface area contributed by atoms with Gasteiger partial charge in [0.2, 0.25) is 5.95 Å². The first-order valence-corrected chi connectivity index (χ1v) is 9.37. The molecule has 1 N–H and O–H groups in total. The summed E-state index contributed by atoms with van der Waals surface area (Å²) in [6.45, 7) is 5.26. The number of carbonyl (C=O) groups is 1. The van der Waals surface area contributed by atoms with Crippen LogP contribution in [-0.2, 0) is 4.79 Å². The topological polar surface area (TPSA) is 79.2 Å². The summed E-state index contributed by atoms with van der Waals surface area (Å²) in [5, 5.41) is 10.1. The molecule has 1 atom stereocenters. The van der Waals surface area contributed by atoms with E-state index >= 15 is 0 Å². The summed E-state index contributed by atoms with van der Waals surface area (Å²) in [6, 6.07) is 0.522. The second kappa shape index (κ2) is 9.50. The highest BCUT2D eigenvalue weighted by molar-refractivity contribution is 7.09. The van der Waals surface area contributed by atoms with Gasteiger partial charge in [-0.3, -0.25) is 0 Å². The molecule has 0 amide bonds. The van der Waals surface area contributed by atoms with Gasteiger partial charge in [0.15, 0.2) is 0 Å². The van der Waals surface area contributed by atoms with E-state index < -0.39 is 12.1 Å². The summed E-state index contributed by atoms with van der Waals surface area (Å²) in [5.74, 6) is 4.17. The average molecular weight is 412 g/mol. The van der Waals surface area contributed by atoms with E-state index in [-0.39, 0.29) is 0 Å². The zero-order valence-corrected chi connectivity index (χ0v) is 16.1. The molecule has 2 aromatic heterocycles. The van der Waals surface area contributed by atoms with Gasteiger partial charge in [-0.15, -0.1) is 11.3 Å². The number of halogens is 3. The van der Waals surface area contributed by atoms with Crippen LogP contribution < -0.4 is 4.90 Å². The molecule has 6 nitrogen and oxygen atoms in total. The summed E-state index contributed by atoms with van der Waals surface area (Å²) in [7, 11) is 0. The zero-order valence-electron chi connectivity index (χ0n) is 15.3. The van der Waals surface area contributed by atoms with Crippen LogP contribution in [0.25, 0.3) is 0 Å². The average Bonchev–Trinajstić information content (AvgIpc) is 3.06. The van der Waals surface area contributed by atoms with Crippen LogP contribution in [-0.4, -0.2) is 44.8 Å². The Bertz CT molecular complexity index is 856.